The summed E-state index contributed by atoms with van der Waals surface area (Å²) in [7, 11) is 0. The molecule has 0 spiro atoms. The highest BCUT2D eigenvalue weighted by atomic mass is 15.7. The van der Waals surface area contributed by atoms with Gasteiger partial charge in [-0.15, -0.1) is 0 Å². The third-order valence-electron chi connectivity index (χ3n) is 4.68. The topological polar surface area (TPSA) is 27.3 Å². The minimum atomic E-state index is 0.808. The maximum Gasteiger partial charge on any atom is 0.0285 e. The van der Waals surface area contributed by atoms with E-state index in [9.17, 15) is 0 Å². The first kappa shape index (κ1) is 21.9. The number of hydrogen-bond donors (Lipinski definition) is 2. The summed E-state index contributed by atoms with van der Waals surface area (Å²) in [6, 6.07) is 0. The van der Waals surface area contributed by atoms with Crippen molar-refractivity contribution >= 4 is 0 Å². The van der Waals surface area contributed by atoms with Crippen LogP contribution >= 0.6 is 0 Å². The van der Waals surface area contributed by atoms with Gasteiger partial charge in [-0.05, 0) is 31.1 Å². The molecular formula is C19H43N3. The highest BCUT2D eigenvalue weighted by molar-refractivity contribution is 4.62. The third-order valence-corrected chi connectivity index (χ3v) is 4.68. The monoisotopic (exact) mass is 313 g/mol. The molecule has 0 heterocycles. The van der Waals surface area contributed by atoms with Gasteiger partial charge in [0.2, 0.25) is 0 Å². The lowest BCUT2D eigenvalue weighted by molar-refractivity contribution is 0.0920. The number of rotatable bonds is 16. The summed E-state index contributed by atoms with van der Waals surface area (Å²) in [6.07, 6.45) is 11.8. The predicted molar refractivity (Wildman–Crippen MR) is 99.6 cm³/mol. The molecule has 3 nitrogen and oxygen atoms in total. The second kappa shape index (κ2) is 15.8. The minimum absolute atomic E-state index is 0.808. The maximum absolute atomic E-state index is 3.64. The Balaban J connectivity index is 4.11. The van der Waals surface area contributed by atoms with E-state index in [0.717, 1.165) is 31.5 Å². The van der Waals surface area contributed by atoms with Crippen molar-refractivity contribution in [3.63, 3.8) is 0 Å². The van der Waals surface area contributed by atoms with Crippen molar-refractivity contribution in [2.24, 2.45) is 11.8 Å². The molecular weight excluding hydrogens is 270 g/mol. The zero-order valence-electron chi connectivity index (χ0n) is 16.1. The van der Waals surface area contributed by atoms with Crippen LogP contribution in [0, 0.1) is 11.8 Å². The summed E-state index contributed by atoms with van der Waals surface area (Å²) in [5.74, 6) is 1.62. The molecule has 0 aromatic heterocycles. The lowest BCUT2D eigenvalue weighted by atomic mass is 9.99. The normalized spacial score (nSPS) is 14.5. The minimum Gasteiger partial charge on any atom is -0.241 e. The molecule has 22 heavy (non-hydrogen) atoms. The van der Waals surface area contributed by atoms with Gasteiger partial charge in [0.1, 0.15) is 0 Å². The quantitative estimate of drug-likeness (QED) is 0.386. The summed E-state index contributed by atoms with van der Waals surface area (Å²) >= 11 is 0. The summed E-state index contributed by atoms with van der Waals surface area (Å²) in [5, 5.41) is 2.25. The first-order chi connectivity index (χ1) is 10.7. The van der Waals surface area contributed by atoms with Crippen molar-refractivity contribution in [2.45, 2.75) is 92.4 Å². The Morgan fingerprint density at radius 1 is 0.682 bits per heavy atom. The highest BCUT2D eigenvalue weighted by Gasteiger charge is 2.11. The molecule has 0 bridgehead atoms. The van der Waals surface area contributed by atoms with Gasteiger partial charge >= 0.3 is 0 Å². The van der Waals surface area contributed by atoms with Crippen LogP contribution in [0.2, 0.25) is 0 Å². The van der Waals surface area contributed by atoms with Crippen LogP contribution in [0.5, 0.6) is 0 Å². The molecule has 0 aliphatic rings. The van der Waals surface area contributed by atoms with Crippen LogP contribution in [0.15, 0.2) is 0 Å². The molecule has 0 radical (unpaired) electrons. The fourth-order valence-corrected chi connectivity index (χ4v) is 2.80. The Morgan fingerprint density at radius 3 is 1.45 bits per heavy atom. The van der Waals surface area contributed by atoms with Gasteiger partial charge in [0.25, 0.3) is 0 Å². The average molecular weight is 314 g/mol. The largest absolute Gasteiger partial charge is 0.241 e. The van der Waals surface area contributed by atoms with Gasteiger partial charge in [-0.1, -0.05) is 73.1 Å². The van der Waals surface area contributed by atoms with E-state index in [1.54, 1.807) is 0 Å². The maximum atomic E-state index is 3.64. The summed E-state index contributed by atoms with van der Waals surface area (Å²) < 4.78 is 0. The second-order valence-electron chi connectivity index (χ2n) is 6.71. The second-order valence-corrected chi connectivity index (χ2v) is 6.71. The first-order valence-electron chi connectivity index (χ1n) is 9.96. The van der Waals surface area contributed by atoms with Crippen LogP contribution < -0.4 is 10.9 Å². The van der Waals surface area contributed by atoms with E-state index in [0.29, 0.717) is 0 Å². The number of hydrogen-bond acceptors (Lipinski definition) is 3. The van der Waals surface area contributed by atoms with E-state index in [-0.39, 0.29) is 0 Å². The van der Waals surface area contributed by atoms with Crippen LogP contribution in [-0.2, 0) is 0 Å². The van der Waals surface area contributed by atoms with Crippen LogP contribution in [-0.4, -0.2) is 24.8 Å². The van der Waals surface area contributed by atoms with Gasteiger partial charge in [0.05, 0.1) is 0 Å². The smallest absolute Gasteiger partial charge is 0.0285 e. The van der Waals surface area contributed by atoms with Crippen molar-refractivity contribution in [1.82, 2.24) is 16.0 Å². The van der Waals surface area contributed by atoms with Gasteiger partial charge in [0.15, 0.2) is 0 Å². The summed E-state index contributed by atoms with van der Waals surface area (Å²) in [4.78, 5) is 0. The molecule has 0 aromatic rings. The molecule has 0 saturated heterocycles. The number of nitrogens with zero attached hydrogens (tertiary/aromatic N) is 1. The SMILES string of the molecule is CCCCC(CC)CNN(CCC)NCC(CC)CCCC. The average Bonchev–Trinajstić information content (AvgIpc) is 2.54. The van der Waals surface area contributed by atoms with E-state index < -0.39 is 0 Å². The molecule has 0 aromatic carbocycles. The summed E-state index contributed by atoms with van der Waals surface area (Å²) in [5.41, 5.74) is 7.28. The lowest BCUT2D eigenvalue weighted by Crippen LogP contribution is -2.51. The van der Waals surface area contributed by atoms with Crippen LogP contribution in [0.3, 0.4) is 0 Å². The van der Waals surface area contributed by atoms with Gasteiger partial charge in [-0.3, -0.25) is 0 Å². The van der Waals surface area contributed by atoms with E-state index in [4.69, 9.17) is 0 Å². The highest BCUT2D eigenvalue weighted by Crippen LogP contribution is 2.12. The van der Waals surface area contributed by atoms with E-state index in [1.807, 2.05) is 0 Å². The Labute approximate surface area is 140 Å². The Morgan fingerprint density at radius 2 is 1.14 bits per heavy atom. The number of unbranched alkanes of at least 4 members (excludes halogenated alkanes) is 2. The number of hydrazine groups is 2. The molecule has 2 N–H and O–H groups in total. The summed E-state index contributed by atoms with van der Waals surface area (Å²) in [6.45, 7) is 14.7. The van der Waals surface area contributed by atoms with Crippen LogP contribution in [0.25, 0.3) is 0 Å². The van der Waals surface area contributed by atoms with Gasteiger partial charge < -0.3 is 0 Å². The predicted octanol–water partition coefficient (Wildman–Crippen LogP) is 5.14. The van der Waals surface area contributed by atoms with Crippen molar-refractivity contribution in [1.29, 1.82) is 0 Å². The van der Waals surface area contributed by atoms with Crippen molar-refractivity contribution in [3.8, 4) is 0 Å². The zero-order chi connectivity index (χ0) is 16.6. The molecule has 2 unspecified atom stereocenters. The Kier molecular flexibility index (Phi) is 15.7. The fraction of sp³-hybridized carbons (Fsp3) is 1.00. The van der Waals surface area contributed by atoms with Gasteiger partial charge in [-0.2, -0.15) is 5.12 Å². The van der Waals surface area contributed by atoms with E-state index >= 15 is 0 Å². The molecule has 0 aliphatic heterocycles. The lowest BCUT2D eigenvalue weighted by Gasteiger charge is -2.28. The van der Waals surface area contributed by atoms with Crippen molar-refractivity contribution in [2.75, 3.05) is 19.6 Å². The number of nitrogens with one attached hydrogen (secondary N) is 2. The fourth-order valence-electron chi connectivity index (χ4n) is 2.80. The van der Waals surface area contributed by atoms with E-state index in [1.165, 1.54) is 57.8 Å². The van der Waals surface area contributed by atoms with Gasteiger partial charge in [-0.25, -0.2) is 10.9 Å². The van der Waals surface area contributed by atoms with Crippen LogP contribution in [0.1, 0.15) is 92.4 Å². The third kappa shape index (κ3) is 11.4. The first-order valence-corrected chi connectivity index (χ1v) is 9.96. The van der Waals surface area contributed by atoms with Crippen LogP contribution in [0.4, 0.5) is 0 Å². The Hall–Kier alpha value is -0.120. The van der Waals surface area contributed by atoms with E-state index in [2.05, 4.69) is 50.6 Å². The molecule has 2 atom stereocenters. The molecule has 0 aliphatic carbocycles. The molecule has 3 heteroatoms. The van der Waals surface area contributed by atoms with Crippen molar-refractivity contribution < 1.29 is 0 Å². The molecule has 0 saturated carbocycles. The molecule has 0 fully saturated rings. The molecule has 134 valence electrons. The van der Waals surface area contributed by atoms with Crippen molar-refractivity contribution in [3.05, 3.63) is 0 Å². The Bertz CT molecular complexity index is 201. The standard InChI is InChI=1S/C19H43N3/c1-6-11-13-18(9-4)16-20-22(15-8-3)21-17-19(10-5)14-12-7-2/h18-21H,6-17H2,1-5H3. The molecule has 0 rings (SSSR count). The zero-order valence-corrected chi connectivity index (χ0v) is 16.1. The van der Waals surface area contributed by atoms with Gasteiger partial charge in [0, 0.05) is 19.6 Å². The molecule has 0 amide bonds.